The summed E-state index contributed by atoms with van der Waals surface area (Å²) in [5.74, 6) is -1.82. The molecule has 6 heteroatoms. The van der Waals surface area contributed by atoms with Gasteiger partial charge in [0, 0.05) is 6.26 Å². The zero-order chi connectivity index (χ0) is 14.9. The van der Waals surface area contributed by atoms with Crippen LogP contribution in [0.4, 0.5) is 4.39 Å². The number of nitrogens with zero attached hydrogens (tertiary/aromatic N) is 1. The summed E-state index contributed by atoms with van der Waals surface area (Å²) < 4.78 is 38.2. The Labute approximate surface area is 117 Å². The average molecular weight is 297 g/mol. The third kappa shape index (κ3) is 2.65. The van der Waals surface area contributed by atoms with Crippen molar-refractivity contribution in [3.05, 3.63) is 29.1 Å². The number of hydrogen-bond donors (Lipinski definition) is 0. The van der Waals surface area contributed by atoms with Crippen LogP contribution in [0.5, 0.6) is 0 Å². The van der Waals surface area contributed by atoms with Gasteiger partial charge in [-0.15, -0.1) is 0 Å². The first-order valence-electron chi connectivity index (χ1n) is 6.39. The van der Waals surface area contributed by atoms with E-state index in [1.807, 2.05) is 0 Å². The Balaban J connectivity index is 2.68. The lowest BCUT2D eigenvalue weighted by Gasteiger charge is -2.16. The van der Waals surface area contributed by atoms with Crippen LogP contribution in [0.25, 0.3) is 0 Å². The van der Waals surface area contributed by atoms with Gasteiger partial charge in [-0.1, -0.05) is 18.9 Å². The van der Waals surface area contributed by atoms with Crippen LogP contribution in [0.2, 0.25) is 0 Å². The molecule has 1 aliphatic rings. The molecule has 1 fully saturated rings. The smallest absolute Gasteiger partial charge is 0.267 e. The van der Waals surface area contributed by atoms with Gasteiger partial charge in [0.05, 0.1) is 5.56 Å². The molecule has 0 saturated heterocycles. The van der Waals surface area contributed by atoms with Crippen molar-refractivity contribution in [1.82, 2.24) is 0 Å². The van der Waals surface area contributed by atoms with Gasteiger partial charge in [0.2, 0.25) is 0 Å². The van der Waals surface area contributed by atoms with Crippen LogP contribution in [-0.2, 0) is 9.84 Å². The van der Waals surface area contributed by atoms with E-state index in [1.54, 1.807) is 0 Å². The standard InChI is InChI=1S/C14H16FNO3S/c1-16-14(17)11-8-7-10(9-5-3-4-6-9)13(12(11)15)20(2,18)19/h7-9H,1,3-6H2,2H3. The van der Waals surface area contributed by atoms with Crippen molar-refractivity contribution in [2.24, 2.45) is 4.99 Å². The number of carbonyl (C=O) groups excluding carboxylic acids is 1. The summed E-state index contributed by atoms with van der Waals surface area (Å²) in [5, 5.41) is 0. The second-order valence-electron chi connectivity index (χ2n) is 5.06. The van der Waals surface area contributed by atoms with E-state index in [0.29, 0.717) is 5.56 Å². The van der Waals surface area contributed by atoms with Crippen LogP contribution in [0.15, 0.2) is 22.0 Å². The van der Waals surface area contributed by atoms with Crippen LogP contribution < -0.4 is 0 Å². The van der Waals surface area contributed by atoms with Crippen molar-refractivity contribution in [3.8, 4) is 0 Å². The second-order valence-corrected chi connectivity index (χ2v) is 7.01. The normalized spacial score (nSPS) is 16.3. The number of hydrogen-bond acceptors (Lipinski definition) is 3. The van der Waals surface area contributed by atoms with Gasteiger partial charge in [0.15, 0.2) is 15.7 Å². The molecular formula is C14H16FNO3S. The van der Waals surface area contributed by atoms with Gasteiger partial charge in [-0.25, -0.2) is 17.8 Å². The predicted octanol–water partition coefficient (Wildman–Crippen LogP) is 2.73. The van der Waals surface area contributed by atoms with Gasteiger partial charge in [-0.3, -0.25) is 4.79 Å². The monoisotopic (exact) mass is 297 g/mol. The molecule has 0 N–H and O–H groups in total. The molecule has 1 aromatic rings. The highest BCUT2D eigenvalue weighted by Crippen LogP contribution is 2.38. The molecule has 0 unspecified atom stereocenters. The lowest BCUT2D eigenvalue weighted by molar-refractivity contribution is 0.0999. The minimum Gasteiger partial charge on any atom is -0.267 e. The van der Waals surface area contributed by atoms with Crippen LogP contribution in [0.1, 0.15) is 47.5 Å². The van der Waals surface area contributed by atoms with Gasteiger partial charge in [-0.05, 0) is 37.1 Å². The Morgan fingerprint density at radius 1 is 1.35 bits per heavy atom. The van der Waals surface area contributed by atoms with E-state index in [0.717, 1.165) is 31.9 Å². The summed E-state index contributed by atoms with van der Waals surface area (Å²) in [7, 11) is -3.76. The van der Waals surface area contributed by atoms with Crippen molar-refractivity contribution in [2.45, 2.75) is 36.5 Å². The number of sulfone groups is 1. The van der Waals surface area contributed by atoms with Crippen molar-refractivity contribution in [1.29, 1.82) is 0 Å². The summed E-state index contributed by atoms with van der Waals surface area (Å²) in [6.07, 6.45) is 4.65. The zero-order valence-corrected chi connectivity index (χ0v) is 12.0. The van der Waals surface area contributed by atoms with Crippen molar-refractivity contribution in [2.75, 3.05) is 6.26 Å². The summed E-state index contributed by atoms with van der Waals surface area (Å²) >= 11 is 0. The molecule has 0 aliphatic heterocycles. The highest BCUT2D eigenvalue weighted by Gasteiger charge is 2.29. The van der Waals surface area contributed by atoms with Gasteiger partial charge in [-0.2, -0.15) is 0 Å². The summed E-state index contributed by atoms with van der Waals surface area (Å²) in [4.78, 5) is 14.3. The topological polar surface area (TPSA) is 63.6 Å². The van der Waals surface area contributed by atoms with E-state index in [9.17, 15) is 17.6 Å². The number of halogens is 1. The Hall–Kier alpha value is -1.56. The molecule has 0 bridgehead atoms. The molecule has 1 saturated carbocycles. The average Bonchev–Trinajstić information content (AvgIpc) is 2.89. The van der Waals surface area contributed by atoms with E-state index < -0.39 is 21.6 Å². The molecule has 0 radical (unpaired) electrons. The Kier molecular flexibility index (Phi) is 4.04. The van der Waals surface area contributed by atoms with Crippen molar-refractivity contribution >= 4 is 22.5 Å². The second kappa shape index (κ2) is 5.44. The third-order valence-corrected chi connectivity index (χ3v) is 4.82. The van der Waals surface area contributed by atoms with Crippen LogP contribution in [0.3, 0.4) is 0 Å². The van der Waals surface area contributed by atoms with E-state index in [-0.39, 0.29) is 16.4 Å². The van der Waals surface area contributed by atoms with Gasteiger partial charge < -0.3 is 0 Å². The molecule has 108 valence electrons. The maximum atomic E-state index is 14.4. The van der Waals surface area contributed by atoms with E-state index in [2.05, 4.69) is 11.7 Å². The van der Waals surface area contributed by atoms with E-state index >= 15 is 0 Å². The predicted molar refractivity (Wildman–Crippen MR) is 74.6 cm³/mol. The molecular weight excluding hydrogens is 281 g/mol. The molecule has 2 rings (SSSR count). The molecule has 0 heterocycles. The number of amides is 1. The molecule has 4 nitrogen and oxygen atoms in total. The molecule has 0 aromatic heterocycles. The van der Waals surface area contributed by atoms with E-state index in [1.165, 1.54) is 12.1 Å². The molecule has 1 amide bonds. The maximum Gasteiger partial charge on any atom is 0.279 e. The fourth-order valence-electron chi connectivity index (χ4n) is 2.76. The van der Waals surface area contributed by atoms with Crippen molar-refractivity contribution < 1.29 is 17.6 Å². The quantitative estimate of drug-likeness (QED) is 0.806. The van der Waals surface area contributed by atoms with Gasteiger partial charge in [0.1, 0.15) is 4.90 Å². The van der Waals surface area contributed by atoms with Gasteiger partial charge in [0.25, 0.3) is 5.91 Å². The fourth-order valence-corrected chi connectivity index (χ4v) is 3.85. The molecule has 0 atom stereocenters. The fraction of sp³-hybridized carbons (Fsp3) is 0.429. The first-order valence-corrected chi connectivity index (χ1v) is 8.29. The third-order valence-electron chi connectivity index (χ3n) is 3.67. The SMILES string of the molecule is C=NC(=O)c1ccc(C2CCCC2)c(S(C)(=O)=O)c1F. The van der Waals surface area contributed by atoms with E-state index in [4.69, 9.17) is 0 Å². The molecule has 0 spiro atoms. The van der Waals surface area contributed by atoms with Gasteiger partial charge >= 0.3 is 0 Å². The minimum atomic E-state index is -3.76. The van der Waals surface area contributed by atoms with Crippen LogP contribution >= 0.6 is 0 Å². The van der Waals surface area contributed by atoms with Crippen molar-refractivity contribution in [3.63, 3.8) is 0 Å². The molecule has 1 aliphatic carbocycles. The maximum absolute atomic E-state index is 14.4. The number of carbonyl (C=O) groups is 1. The largest absolute Gasteiger partial charge is 0.279 e. The first-order chi connectivity index (χ1) is 9.36. The lowest BCUT2D eigenvalue weighted by atomic mass is 9.96. The first kappa shape index (κ1) is 14.8. The lowest BCUT2D eigenvalue weighted by Crippen LogP contribution is -2.12. The Bertz CT molecular complexity index is 661. The number of aliphatic imine (C=N–C) groups is 1. The molecule has 1 aromatic carbocycles. The summed E-state index contributed by atoms with van der Waals surface area (Å²) in [6.45, 7) is 3.05. The highest BCUT2D eigenvalue weighted by molar-refractivity contribution is 7.90. The number of rotatable bonds is 3. The van der Waals surface area contributed by atoms with Crippen LogP contribution in [0, 0.1) is 5.82 Å². The number of benzene rings is 1. The minimum absolute atomic E-state index is 0.0371. The highest BCUT2D eigenvalue weighted by atomic mass is 32.2. The summed E-state index contributed by atoms with van der Waals surface area (Å²) in [6, 6.07) is 2.84. The van der Waals surface area contributed by atoms with Crippen LogP contribution in [-0.4, -0.2) is 27.3 Å². The molecule has 20 heavy (non-hydrogen) atoms. The Morgan fingerprint density at radius 2 is 1.95 bits per heavy atom. The Morgan fingerprint density at radius 3 is 2.45 bits per heavy atom. The zero-order valence-electron chi connectivity index (χ0n) is 11.2. The summed E-state index contributed by atoms with van der Waals surface area (Å²) in [5.41, 5.74) is 0.130.